The highest BCUT2D eigenvalue weighted by Crippen LogP contribution is 2.54. The Balaban J connectivity index is 1.37. The Hall–Kier alpha value is -2.29. The molecule has 34 heavy (non-hydrogen) atoms. The highest BCUT2D eigenvalue weighted by molar-refractivity contribution is 9.10. The third-order valence-corrected chi connectivity index (χ3v) is 8.03. The van der Waals surface area contributed by atoms with E-state index in [0.717, 1.165) is 25.9 Å². The van der Waals surface area contributed by atoms with E-state index in [1.165, 1.54) is 18.9 Å². The van der Waals surface area contributed by atoms with Crippen LogP contribution in [-0.4, -0.2) is 43.0 Å². The molecule has 1 spiro atoms. The summed E-state index contributed by atoms with van der Waals surface area (Å²) >= 11 is 3.27. The number of aryl methyl sites for hydroxylation is 1. The Labute approximate surface area is 205 Å². The number of pyridine rings is 1. The number of halogens is 4. The van der Waals surface area contributed by atoms with E-state index < -0.39 is 17.6 Å². The number of carbonyl (C=O) groups is 1. The number of benzene rings is 1. The lowest BCUT2D eigenvalue weighted by Gasteiger charge is -2.35. The topological polar surface area (TPSA) is 48.5 Å². The second-order valence-electron chi connectivity index (χ2n) is 9.92. The van der Waals surface area contributed by atoms with Gasteiger partial charge in [-0.15, -0.1) is 0 Å². The number of carbonyl (C=O) groups excluding carboxylic acids is 1. The van der Waals surface area contributed by atoms with Crippen LogP contribution in [0.5, 0.6) is 0 Å². The van der Waals surface area contributed by atoms with Gasteiger partial charge in [-0.3, -0.25) is 4.79 Å². The highest BCUT2D eigenvalue weighted by atomic mass is 79.9. The first kappa shape index (κ1) is 23.5. The molecule has 0 atom stereocenters. The molecular weight excluding hydrogens is 509 g/mol. The first-order valence-corrected chi connectivity index (χ1v) is 12.6. The summed E-state index contributed by atoms with van der Waals surface area (Å²) < 4.78 is 41.9. The second kappa shape index (κ2) is 8.73. The third-order valence-electron chi connectivity index (χ3n) is 7.42. The van der Waals surface area contributed by atoms with Gasteiger partial charge in [0.25, 0.3) is 11.8 Å². The van der Waals surface area contributed by atoms with Crippen molar-refractivity contribution in [2.45, 2.75) is 51.4 Å². The molecule has 1 N–H and O–H groups in total. The molecule has 2 aromatic rings. The van der Waals surface area contributed by atoms with Gasteiger partial charge in [-0.1, -0.05) is 0 Å². The molecule has 0 bridgehead atoms. The number of hydrogen-bond acceptors (Lipinski definition) is 4. The number of piperidine rings is 2. The minimum absolute atomic E-state index is 0.204. The van der Waals surface area contributed by atoms with Gasteiger partial charge in [0.1, 0.15) is 11.6 Å². The molecule has 2 saturated heterocycles. The van der Waals surface area contributed by atoms with Crippen LogP contribution >= 0.6 is 15.9 Å². The lowest BCUT2D eigenvalue weighted by molar-refractivity contribution is -0.0221. The Morgan fingerprint density at radius 2 is 1.62 bits per heavy atom. The molecule has 1 amide bonds. The number of aromatic nitrogens is 1. The summed E-state index contributed by atoms with van der Waals surface area (Å²) in [5, 5.41) is 2.89. The fourth-order valence-corrected chi connectivity index (χ4v) is 5.36. The zero-order valence-electron chi connectivity index (χ0n) is 19.1. The van der Waals surface area contributed by atoms with Crippen LogP contribution in [0.25, 0.3) is 0 Å². The number of alkyl halides is 2. The smallest absolute Gasteiger partial charge is 0.257 e. The van der Waals surface area contributed by atoms with E-state index in [4.69, 9.17) is 0 Å². The van der Waals surface area contributed by atoms with Gasteiger partial charge < -0.3 is 15.1 Å². The van der Waals surface area contributed by atoms with Gasteiger partial charge in [-0.25, -0.2) is 18.2 Å². The molecular formula is C25H28BrF3N4O. The minimum Gasteiger partial charge on any atom is -0.371 e. The van der Waals surface area contributed by atoms with Crippen molar-refractivity contribution in [1.82, 2.24) is 4.98 Å². The number of rotatable bonds is 4. The van der Waals surface area contributed by atoms with Gasteiger partial charge in [-0.05, 0) is 72.2 Å². The number of amides is 1. The van der Waals surface area contributed by atoms with Crippen molar-refractivity contribution in [2.75, 3.05) is 41.3 Å². The van der Waals surface area contributed by atoms with E-state index in [1.54, 1.807) is 25.1 Å². The van der Waals surface area contributed by atoms with Gasteiger partial charge >= 0.3 is 0 Å². The minimum atomic E-state index is -2.65. The van der Waals surface area contributed by atoms with Crippen molar-refractivity contribution in [2.24, 2.45) is 5.41 Å². The van der Waals surface area contributed by atoms with Crippen LogP contribution in [0, 0.1) is 18.2 Å². The van der Waals surface area contributed by atoms with Gasteiger partial charge in [0.15, 0.2) is 0 Å². The number of nitrogens with one attached hydrogen (secondary N) is 1. The molecule has 5 nitrogen and oxygen atoms in total. The van der Waals surface area contributed by atoms with Crippen LogP contribution in [0.15, 0.2) is 28.7 Å². The predicted molar refractivity (Wildman–Crippen MR) is 131 cm³/mol. The molecule has 3 heterocycles. The van der Waals surface area contributed by atoms with Crippen molar-refractivity contribution in [1.29, 1.82) is 0 Å². The Kier molecular flexibility index (Phi) is 6.02. The number of anilines is 3. The standard InChI is InChI=1S/C25H28BrF3N4O/c1-16-12-17(13-22(30-16)33-10-6-25(28,29)7-11-33)31-23(34)18-14-20(27)19(26)15-21(18)32-8-4-24(2-3-24)5-9-32/h12-15H,2-11H2,1H3,(H,30,31,34). The molecule has 182 valence electrons. The summed E-state index contributed by atoms with van der Waals surface area (Å²) in [4.78, 5) is 21.8. The van der Waals surface area contributed by atoms with E-state index >= 15 is 0 Å². The quantitative estimate of drug-likeness (QED) is 0.508. The molecule has 2 aliphatic heterocycles. The summed E-state index contributed by atoms with van der Waals surface area (Å²) in [6.45, 7) is 3.89. The molecule has 3 fully saturated rings. The van der Waals surface area contributed by atoms with Crippen molar-refractivity contribution >= 4 is 39.0 Å². The van der Waals surface area contributed by atoms with E-state index in [-0.39, 0.29) is 31.5 Å². The monoisotopic (exact) mass is 536 g/mol. The van der Waals surface area contributed by atoms with Gasteiger partial charge in [0.05, 0.1) is 15.7 Å². The normalized spacial score (nSPS) is 21.0. The molecule has 3 aliphatic rings. The summed E-state index contributed by atoms with van der Waals surface area (Å²) in [6.07, 6.45) is 4.29. The van der Waals surface area contributed by atoms with Crippen molar-refractivity contribution in [3.63, 3.8) is 0 Å². The predicted octanol–water partition coefficient (Wildman–Crippen LogP) is 6.16. The zero-order valence-corrected chi connectivity index (χ0v) is 20.7. The lowest BCUT2D eigenvalue weighted by atomic mass is 9.93. The molecule has 1 aromatic carbocycles. The number of nitrogens with zero attached hydrogens (tertiary/aromatic N) is 3. The maximum Gasteiger partial charge on any atom is 0.257 e. The Morgan fingerprint density at radius 3 is 2.26 bits per heavy atom. The number of hydrogen-bond donors (Lipinski definition) is 1. The summed E-state index contributed by atoms with van der Waals surface area (Å²) in [7, 11) is 0. The summed E-state index contributed by atoms with van der Waals surface area (Å²) in [5.41, 5.74) is 2.65. The Morgan fingerprint density at radius 1 is 0.971 bits per heavy atom. The van der Waals surface area contributed by atoms with Gasteiger partial charge in [-0.2, -0.15) is 0 Å². The molecule has 1 saturated carbocycles. The molecule has 5 rings (SSSR count). The molecule has 0 radical (unpaired) electrons. The molecule has 1 aromatic heterocycles. The van der Waals surface area contributed by atoms with Crippen molar-refractivity contribution < 1.29 is 18.0 Å². The molecule has 0 unspecified atom stereocenters. The molecule has 1 aliphatic carbocycles. The maximum absolute atomic E-state index is 14.5. The average molecular weight is 537 g/mol. The van der Waals surface area contributed by atoms with Gasteiger partial charge in [0, 0.05) is 56.5 Å². The fraction of sp³-hybridized carbons (Fsp3) is 0.520. The largest absolute Gasteiger partial charge is 0.371 e. The van der Waals surface area contributed by atoms with E-state index in [1.807, 2.05) is 4.90 Å². The second-order valence-corrected chi connectivity index (χ2v) is 10.8. The van der Waals surface area contributed by atoms with Gasteiger partial charge in [0.2, 0.25) is 0 Å². The highest BCUT2D eigenvalue weighted by Gasteiger charge is 2.44. The maximum atomic E-state index is 14.5. The lowest BCUT2D eigenvalue weighted by Crippen LogP contribution is -2.39. The fourth-order valence-electron chi connectivity index (χ4n) is 5.03. The third kappa shape index (κ3) is 4.90. The summed E-state index contributed by atoms with van der Waals surface area (Å²) in [6, 6.07) is 6.39. The van der Waals surface area contributed by atoms with Crippen LogP contribution in [0.3, 0.4) is 0 Å². The average Bonchev–Trinajstić information content (AvgIpc) is 3.54. The first-order chi connectivity index (χ1) is 16.1. The van der Waals surface area contributed by atoms with Crippen LogP contribution in [-0.2, 0) is 0 Å². The zero-order chi connectivity index (χ0) is 24.1. The van der Waals surface area contributed by atoms with Crippen LogP contribution < -0.4 is 15.1 Å². The van der Waals surface area contributed by atoms with Crippen LogP contribution in [0.4, 0.5) is 30.4 Å². The van der Waals surface area contributed by atoms with Crippen LogP contribution in [0.2, 0.25) is 0 Å². The Bertz CT molecular complexity index is 1100. The summed E-state index contributed by atoms with van der Waals surface area (Å²) in [5.74, 6) is -2.99. The van der Waals surface area contributed by atoms with E-state index in [9.17, 15) is 18.0 Å². The van der Waals surface area contributed by atoms with E-state index in [0.29, 0.717) is 32.8 Å². The van der Waals surface area contributed by atoms with Crippen LogP contribution in [0.1, 0.15) is 54.6 Å². The first-order valence-electron chi connectivity index (χ1n) is 11.8. The molecule has 9 heteroatoms. The van der Waals surface area contributed by atoms with Crippen molar-refractivity contribution in [3.05, 3.63) is 45.8 Å². The SMILES string of the molecule is Cc1cc(NC(=O)c2cc(F)c(Br)cc2N2CCC3(CC2)CC3)cc(N2CCC(F)(F)CC2)n1. The van der Waals surface area contributed by atoms with E-state index in [2.05, 4.69) is 31.1 Å². The van der Waals surface area contributed by atoms with Crippen molar-refractivity contribution in [3.8, 4) is 0 Å².